The van der Waals surface area contributed by atoms with Gasteiger partial charge in [0.05, 0.1) is 23.6 Å². The van der Waals surface area contributed by atoms with Crippen LogP contribution >= 0.6 is 0 Å². The quantitative estimate of drug-likeness (QED) is 0.793. The van der Waals surface area contributed by atoms with Crippen LogP contribution in [0.3, 0.4) is 0 Å². The number of ether oxygens (including phenoxy) is 1. The molecular formula is C18H21NO2. The molecule has 0 spiro atoms. The fourth-order valence-electron chi connectivity index (χ4n) is 2.33. The van der Waals surface area contributed by atoms with Gasteiger partial charge in [-0.3, -0.25) is 4.98 Å². The summed E-state index contributed by atoms with van der Waals surface area (Å²) in [6.45, 7) is 8.32. The van der Waals surface area contributed by atoms with Gasteiger partial charge in [-0.05, 0) is 51.0 Å². The van der Waals surface area contributed by atoms with Crippen molar-refractivity contribution in [2.24, 2.45) is 0 Å². The zero-order chi connectivity index (χ0) is 15.4. The molecule has 1 aromatic heterocycles. The third-order valence-corrected chi connectivity index (χ3v) is 3.47. The van der Waals surface area contributed by atoms with Gasteiger partial charge in [-0.2, -0.15) is 0 Å². The molecule has 0 aliphatic heterocycles. The number of benzene rings is 1. The number of carbonyl (C=O) groups excluding carboxylic acids is 1. The molecule has 3 heteroatoms. The molecule has 0 aliphatic rings. The van der Waals surface area contributed by atoms with Crippen LogP contribution < -0.4 is 0 Å². The fraction of sp³-hybridized carbons (Fsp3) is 0.333. The lowest BCUT2D eigenvalue weighted by Gasteiger charge is -2.11. The van der Waals surface area contributed by atoms with E-state index in [1.54, 1.807) is 6.92 Å². The van der Waals surface area contributed by atoms with Crippen LogP contribution in [0.1, 0.15) is 41.0 Å². The first kappa shape index (κ1) is 15.2. The summed E-state index contributed by atoms with van der Waals surface area (Å²) in [6.07, 6.45) is 0.701. The van der Waals surface area contributed by atoms with Crippen LogP contribution in [0.5, 0.6) is 0 Å². The molecule has 1 aromatic carbocycles. The van der Waals surface area contributed by atoms with E-state index in [1.165, 1.54) is 11.1 Å². The van der Waals surface area contributed by atoms with E-state index in [9.17, 15) is 4.79 Å². The Balaban J connectivity index is 2.48. The van der Waals surface area contributed by atoms with E-state index < -0.39 is 0 Å². The summed E-state index contributed by atoms with van der Waals surface area (Å²) in [4.78, 5) is 16.6. The number of aromatic nitrogens is 1. The highest BCUT2D eigenvalue weighted by molar-refractivity contribution is 5.91. The van der Waals surface area contributed by atoms with Crippen molar-refractivity contribution >= 4 is 5.97 Å². The van der Waals surface area contributed by atoms with E-state index in [4.69, 9.17) is 4.74 Å². The molecule has 2 aromatic rings. The molecule has 0 aliphatic carbocycles. The van der Waals surface area contributed by atoms with E-state index in [0.29, 0.717) is 18.6 Å². The Kier molecular flexibility index (Phi) is 4.73. The summed E-state index contributed by atoms with van der Waals surface area (Å²) < 4.78 is 5.08. The second-order valence-electron chi connectivity index (χ2n) is 5.08. The first-order chi connectivity index (χ1) is 10.1. The molecule has 0 N–H and O–H groups in total. The van der Waals surface area contributed by atoms with Gasteiger partial charge in [0.15, 0.2) is 0 Å². The molecule has 3 nitrogen and oxygen atoms in total. The van der Waals surface area contributed by atoms with Crippen molar-refractivity contribution in [3.8, 4) is 11.3 Å². The van der Waals surface area contributed by atoms with E-state index in [1.807, 2.05) is 19.1 Å². The molecule has 2 rings (SSSR count). The molecule has 0 fully saturated rings. The van der Waals surface area contributed by atoms with Gasteiger partial charge in [0, 0.05) is 5.56 Å². The Morgan fingerprint density at radius 3 is 2.57 bits per heavy atom. The molecule has 110 valence electrons. The van der Waals surface area contributed by atoms with Crippen molar-refractivity contribution in [3.05, 3.63) is 52.7 Å². The first-order valence-corrected chi connectivity index (χ1v) is 7.31. The van der Waals surface area contributed by atoms with Gasteiger partial charge in [0.1, 0.15) is 0 Å². The number of hydrogen-bond donors (Lipinski definition) is 0. The van der Waals surface area contributed by atoms with Gasteiger partial charge in [-0.15, -0.1) is 0 Å². The van der Waals surface area contributed by atoms with Crippen molar-refractivity contribution in [1.82, 2.24) is 4.98 Å². The Morgan fingerprint density at radius 2 is 1.90 bits per heavy atom. The Morgan fingerprint density at radius 1 is 1.14 bits per heavy atom. The van der Waals surface area contributed by atoms with Crippen molar-refractivity contribution in [1.29, 1.82) is 0 Å². The molecule has 0 atom stereocenters. The van der Waals surface area contributed by atoms with Crippen molar-refractivity contribution in [2.45, 2.75) is 34.1 Å². The van der Waals surface area contributed by atoms with Crippen LogP contribution in [-0.4, -0.2) is 17.6 Å². The van der Waals surface area contributed by atoms with Gasteiger partial charge >= 0.3 is 5.97 Å². The highest BCUT2D eigenvalue weighted by Crippen LogP contribution is 2.24. The summed E-state index contributed by atoms with van der Waals surface area (Å²) in [6, 6.07) is 10.0. The van der Waals surface area contributed by atoms with Crippen LogP contribution in [0.15, 0.2) is 30.3 Å². The summed E-state index contributed by atoms with van der Waals surface area (Å²) in [5.74, 6) is -0.297. The first-order valence-electron chi connectivity index (χ1n) is 7.31. The third-order valence-electron chi connectivity index (χ3n) is 3.47. The summed E-state index contributed by atoms with van der Waals surface area (Å²) in [5, 5.41) is 0. The normalized spacial score (nSPS) is 10.5. The number of esters is 1. The Labute approximate surface area is 126 Å². The number of rotatable bonds is 4. The average molecular weight is 283 g/mol. The fourth-order valence-corrected chi connectivity index (χ4v) is 2.33. The lowest BCUT2D eigenvalue weighted by Crippen LogP contribution is -2.09. The summed E-state index contributed by atoms with van der Waals surface area (Å²) in [5.41, 5.74) is 5.74. The zero-order valence-electron chi connectivity index (χ0n) is 13.1. The second-order valence-corrected chi connectivity index (χ2v) is 5.08. The van der Waals surface area contributed by atoms with Gasteiger partial charge in [0.2, 0.25) is 0 Å². The van der Waals surface area contributed by atoms with Gasteiger partial charge in [-0.25, -0.2) is 4.79 Å². The minimum Gasteiger partial charge on any atom is -0.462 e. The molecule has 0 saturated heterocycles. The highest BCUT2D eigenvalue weighted by Gasteiger charge is 2.14. The maximum atomic E-state index is 11.9. The molecule has 0 amide bonds. The SMILES string of the molecule is CCOC(=O)c1ccc(-c2cc(C)ccc2C)nc1CC. The van der Waals surface area contributed by atoms with Crippen LogP contribution in [0.4, 0.5) is 0 Å². The summed E-state index contributed by atoms with van der Waals surface area (Å²) in [7, 11) is 0. The summed E-state index contributed by atoms with van der Waals surface area (Å²) >= 11 is 0. The highest BCUT2D eigenvalue weighted by atomic mass is 16.5. The van der Waals surface area contributed by atoms with Crippen LogP contribution in [-0.2, 0) is 11.2 Å². The van der Waals surface area contributed by atoms with E-state index in [2.05, 4.69) is 37.0 Å². The minimum atomic E-state index is -0.297. The van der Waals surface area contributed by atoms with Crippen molar-refractivity contribution in [3.63, 3.8) is 0 Å². The van der Waals surface area contributed by atoms with E-state index >= 15 is 0 Å². The number of aryl methyl sites for hydroxylation is 3. The third kappa shape index (κ3) is 3.30. The second kappa shape index (κ2) is 6.53. The van der Waals surface area contributed by atoms with Crippen molar-refractivity contribution in [2.75, 3.05) is 6.61 Å². The maximum Gasteiger partial charge on any atom is 0.339 e. The molecule has 21 heavy (non-hydrogen) atoms. The number of pyridine rings is 1. The minimum absolute atomic E-state index is 0.297. The number of nitrogens with zero attached hydrogens (tertiary/aromatic N) is 1. The number of carbonyl (C=O) groups is 1. The van der Waals surface area contributed by atoms with Gasteiger partial charge in [-0.1, -0.05) is 24.6 Å². The van der Waals surface area contributed by atoms with Gasteiger partial charge in [0.25, 0.3) is 0 Å². The monoisotopic (exact) mass is 283 g/mol. The lowest BCUT2D eigenvalue weighted by molar-refractivity contribution is 0.0524. The molecule has 1 heterocycles. The molecular weight excluding hydrogens is 262 g/mol. The van der Waals surface area contributed by atoms with Gasteiger partial charge < -0.3 is 4.74 Å². The zero-order valence-corrected chi connectivity index (χ0v) is 13.1. The largest absolute Gasteiger partial charge is 0.462 e. The molecule has 0 saturated carbocycles. The molecule has 0 unspecified atom stereocenters. The molecule has 0 bridgehead atoms. The van der Waals surface area contributed by atoms with Crippen LogP contribution in [0.25, 0.3) is 11.3 Å². The number of hydrogen-bond acceptors (Lipinski definition) is 3. The van der Waals surface area contributed by atoms with Crippen LogP contribution in [0, 0.1) is 13.8 Å². The topological polar surface area (TPSA) is 39.2 Å². The predicted octanol–water partition coefficient (Wildman–Crippen LogP) is 4.10. The lowest BCUT2D eigenvalue weighted by atomic mass is 10.0. The van der Waals surface area contributed by atoms with Crippen LogP contribution in [0.2, 0.25) is 0 Å². The van der Waals surface area contributed by atoms with E-state index in [0.717, 1.165) is 17.0 Å². The average Bonchev–Trinajstić information content (AvgIpc) is 2.49. The maximum absolute atomic E-state index is 11.9. The Bertz CT molecular complexity index is 662. The smallest absolute Gasteiger partial charge is 0.339 e. The standard InChI is InChI=1S/C18H21NO2/c1-5-16-14(18(20)21-6-2)9-10-17(19-16)15-11-12(3)7-8-13(15)4/h7-11H,5-6H2,1-4H3. The Hall–Kier alpha value is -2.16. The predicted molar refractivity (Wildman–Crippen MR) is 84.5 cm³/mol. The van der Waals surface area contributed by atoms with Crippen molar-refractivity contribution < 1.29 is 9.53 Å². The van der Waals surface area contributed by atoms with E-state index in [-0.39, 0.29) is 5.97 Å². The molecule has 0 radical (unpaired) electrons.